The maximum atomic E-state index is 13.2. The first-order valence-electron chi connectivity index (χ1n) is 11.6. The van der Waals surface area contributed by atoms with Crippen LogP contribution in [0.25, 0.3) is 0 Å². The number of carbonyl (C=O) groups excluding carboxylic acids is 2. The molecule has 1 atom stereocenters. The molecule has 3 rings (SSSR count). The van der Waals surface area contributed by atoms with E-state index in [1.54, 1.807) is 12.0 Å². The third kappa shape index (κ3) is 6.21. The minimum absolute atomic E-state index is 0.0378. The smallest absolute Gasteiger partial charge is 0.296 e. The number of nitrogens with zero attached hydrogens (tertiary/aromatic N) is 3. The van der Waals surface area contributed by atoms with Gasteiger partial charge in [0.05, 0.1) is 36.9 Å². The number of thioether (sulfide) groups is 1. The fourth-order valence-corrected chi connectivity index (χ4v) is 5.00. The molecule has 1 fully saturated rings. The zero-order chi connectivity index (χ0) is 26.2. The number of nitro benzene ring substituents is 1. The van der Waals surface area contributed by atoms with Crippen LogP contribution in [0.3, 0.4) is 0 Å². The van der Waals surface area contributed by atoms with Crippen LogP contribution in [0.1, 0.15) is 31.4 Å². The van der Waals surface area contributed by atoms with Crippen molar-refractivity contribution in [3.8, 4) is 5.75 Å². The van der Waals surface area contributed by atoms with Crippen LogP contribution in [0.4, 0.5) is 17.1 Å². The average Bonchev–Trinajstić information content (AvgIpc) is 3.16. The first-order valence-corrected chi connectivity index (χ1v) is 12.5. The van der Waals surface area contributed by atoms with Crippen LogP contribution in [0.2, 0.25) is 0 Å². The highest BCUT2D eigenvalue weighted by molar-refractivity contribution is 8.15. The lowest BCUT2D eigenvalue weighted by molar-refractivity contribution is -0.384. The number of hydrogen-bond donors (Lipinski definition) is 1. The van der Waals surface area contributed by atoms with Gasteiger partial charge in [-0.15, -0.1) is 0 Å². The summed E-state index contributed by atoms with van der Waals surface area (Å²) in [6.07, 6.45) is 1.43. The number of nitrogens with one attached hydrogen (secondary N) is 1. The number of methoxy groups -OCH3 is 2. The molecule has 10 nitrogen and oxygen atoms in total. The number of carbonyl (C=O) groups is 2. The lowest BCUT2D eigenvalue weighted by Gasteiger charge is -2.17. The highest BCUT2D eigenvalue weighted by Crippen LogP contribution is 2.35. The van der Waals surface area contributed by atoms with E-state index in [-0.39, 0.29) is 23.7 Å². The van der Waals surface area contributed by atoms with E-state index in [0.717, 1.165) is 29.7 Å². The molecule has 2 amide bonds. The van der Waals surface area contributed by atoms with Gasteiger partial charge in [-0.2, -0.15) is 0 Å². The van der Waals surface area contributed by atoms with Crippen LogP contribution in [0.5, 0.6) is 5.75 Å². The van der Waals surface area contributed by atoms with E-state index < -0.39 is 16.1 Å². The molecular formula is C25H30N4O6S. The van der Waals surface area contributed by atoms with Crippen molar-refractivity contribution < 1.29 is 24.0 Å². The Morgan fingerprint density at radius 3 is 2.47 bits per heavy atom. The lowest BCUT2D eigenvalue weighted by atomic mass is 10.0. The van der Waals surface area contributed by atoms with Crippen molar-refractivity contribution in [2.75, 3.05) is 32.7 Å². The third-order valence-electron chi connectivity index (χ3n) is 5.76. The molecule has 1 saturated heterocycles. The summed E-state index contributed by atoms with van der Waals surface area (Å²) in [4.78, 5) is 43.3. The Kier molecular flexibility index (Phi) is 9.43. The Morgan fingerprint density at radius 1 is 1.19 bits per heavy atom. The third-order valence-corrected chi connectivity index (χ3v) is 6.93. The maximum Gasteiger partial charge on any atom is 0.296 e. The molecule has 2 aromatic carbocycles. The molecule has 1 N–H and O–H groups in total. The number of nitro groups is 1. The average molecular weight is 515 g/mol. The molecule has 0 radical (unpaired) electrons. The van der Waals surface area contributed by atoms with Crippen molar-refractivity contribution in [1.82, 2.24) is 4.90 Å². The predicted octanol–water partition coefficient (Wildman–Crippen LogP) is 4.33. The molecule has 0 saturated carbocycles. The van der Waals surface area contributed by atoms with Gasteiger partial charge >= 0.3 is 0 Å². The van der Waals surface area contributed by atoms with E-state index in [1.165, 1.54) is 37.1 Å². The van der Waals surface area contributed by atoms with Crippen molar-refractivity contribution >= 4 is 45.8 Å². The zero-order valence-electron chi connectivity index (χ0n) is 20.8. The Labute approximate surface area is 214 Å². The summed E-state index contributed by atoms with van der Waals surface area (Å²) < 4.78 is 10.2. The summed E-state index contributed by atoms with van der Waals surface area (Å²) in [6.45, 7) is 4.73. The number of para-hydroxylation sites is 1. The SMILES string of the molecule is CCc1cccc(CC)c1N=C1S[C@@H](CC(=O)Nc2ccc(OC)cc2[N+](=O)[O-])C(=O)N1CCOC. The van der Waals surface area contributed by atoms with Gasteiger partial charge in [0.2, 0.25) is 11.8 Å². The van der Waals surface area contributed by atoms with E-state index in [4.69, 9.17) is 14.5 Å². The number of anilines is 1. The van der Waals surface area contributed by atoms with Gasteiger partial charge in [0.1, 0.15) is 16.7 Å². The monoisotopic (exact) mass is 514 g/mol. The normalized spacial score (nSPS) is 16.4. The highest BCUT2D eigenvalue weighted by atomic mass is 32.2. The number of amides is 2. The molecule has 1 aliphatic heterocycles. The Hall–Kier alpha value is -3.44. The molecule has 36 heavy (non-hydrogen) atoms. The van der Waals surface area contributed by atoms with Gasteiger partial charge in [-0.3, -0.25) is 24.6 Å². The van der Waals surface area contributed by atoms with E-state index >= 15 is 0 Å². The number of benzene rings is 2. The van der Waals surface area contributed by atoms with Crippen molar-refractivity contribution in [3.63, 3.8) is 0 Å². The molecule has 192 valence electrons. The second-order valence-electron chi connectivity index (χ2n) is 8.01. The summed E-state index contributed by atoms with van der Waals surface area (Å²) in [6, 6.07) is 10.2. The second kappa shape index (κ2) is 12.5. The Bertz CT molecular complexity index is 1150. The number of hydrogen-bond acceptors (Lipinski definition) is 8. The van der Waals surface area contributed by atoms with Crippen molar-refractivity contribution in [2.24, 2.45) is 4.99 Å². The van der Waals surface area contributed by atoms with E-state index in [9.17, 15) is 19.7 Å². The molecule has 11 heteroatoms. The van der Waals surface area contributed by atoms with Crippen molar-refractivity contribution in [2.45, 2.75) is 38.4 Å². The summed E-state index contributed by atoms with van der Waals surface area (Å²) in [7, 11) is 2.95. The number of aliphatic imine (C=N–C) groups is 1. The number of rotatable bonds is 11. The van der Waals surface area contributed by atoms with Gasteiger partial charge in [0, 0.05) is 13.5 Å². The topological polar surface area (TPSA) is 123 Å². The van der Waals surface area contributed by atoms with Crippen LogP contribution >= 0.6 is 11.8 Å². The molecule has 0 aliphatic carbocycles. The van der Waals surface area contributed by atoms with E-state index in [1.807, 2.05) is 18.2 Å². The fraction of sp³-hybridized carbons (Fsp3) is 0.400. The predicted molar refractivity (Wildman–Crippen MR) is 140 cm³/mol. The van der Waals surface area contributed by atoms with Gasteiger partial charge < -0.3 is 14.8 Å². The quantitative estimate of drug-likeness (QED) is 0.350. The van der Waals surface area contributed by atoms with Gasteiger partial charge in [0.25, 0.3) is 5.69 Å². The number of amidine groups is 1. The van der Waals surface area contributed by atoms with Gasteiger partial charge in [0.15, 0.2) is 5.17 Å². The molecule has 0 aromatic heterocycles. The molecule has 0 unspecified atom stereocenters. The number of aryl methyl sites for hydroxylation is 2. The molecule has 1 heterocycles. The lowest BCUT2D eigenvalue weighted by Crippen LogP contribution is -2.35. The van der Waals surface area contributed by atoms with Crippen LogP contribution in [-0.4, -0.2) is 59.4 Å². The molecule has 0 bridgehead atoms. The zero-order valence-corrected chi connectivity index (χ0v) is 21.6. The fourth-order valence-electron chi connectivity index (χ4n) is 3.83. The van der Waals surface area contributed by atoms with E-state index in [0.29, 0.717) is 24.1 Å². The summed E-state index contributed by atoms with van der Waals surface area (Å²) in [5, 5.41) is 13.8. The molecular weight excluding hydrogens is 484 g/mol. The first kappa shape index (κ1) is 27.2. The summed E-state index contributed by atoms with van der Waals surface area (Å²) in [5.74, 6) is -0.456. The number of ether oxygens (including phenoxy) is 2. The standard InChI is InChI=1S/C25H30N4O6S/c1-5-16-8-7-9-17(6-2)23(16)27-25-28(12-13-34-3)24(31)21(36-25)15-22(30)26-19-11-10-18(35-4)14-20(19)29(32)33/h7-11,14,21H,5-6,12-13,15H2,1-4H3,(H,26,30)/t21-/m0/s1. The Balaban J connectivity index is 1.85. The van der Waals surface area contributed by atoms with E-state index in [2.05, 4.69) is 19.2 Å². The van der Waals surface area contributed by atoms with Crippen LogP contribution in [0.15, 0.2) is 41.4 Å². The van der Waals surface area contributed by atoms with Gasteiger partial charge in [-0.25, -0.2) is 4.99 Å². The minimum atomic E-state index is -0.711. The molecule has 1 aliphatic rings. The van der Waals surface area contributed by atoms with Crippen LogP contribution in [0, 0.1) is 10.1 Å². The molecule has 0 spiro atoms. The van der Waals surface area contributed by atoms with Gasteiger partial charge in [-0.1, -0.05) is 43.8 Å². The Morgan fingerprint density at radius 2 is 1.89 bits per heavy atom. The second-order valence-corrected chi connectivity index (χ2v) is 9.18. The van der Waals surface area contributed by atoms with Crippen LogP contribution in [-0.2, 0) is 27.2 Å². The largest absolute Gasteiger partial charge is 0.496 e. The summed E-state index contributed by atoms with van der Waals surface area (Å²) in [5.41, 5.74) is 2.75. The maximum absolute atomic E-state index is 13.2. The molecule has 2 aromatic rings. The van der Waals surface area contributed by atoms with Crippen molar-refractivity contribution in [3.05, 3.63) is 57.6 Å². The first-order chi connectivity index (χ1) is 17.3. The van der Waals surface area contributed by atoms with Gasteiger partial charge in [-0.05, 0) is 36.1 Å². The van der Waals surface area contributed by atoms with Crippen LogP contribution < -0.4 is 10.1 Å². The summed E-state index contributed by atoms with van der Waals surface area (Å²) >= 11 is 1.22. The highest BCUT2D eigenvalue weighted by Gasteiger charge is 2.39. The minimum Gasteiger partial charge on any atom is -0.496 e. The van der Waals surface area contributed by atoms with Crippen molar-refractivity contribution in [1.29, 1.82) is 0 Å².